The fourth-order valence-corrected chi connectivity index (χ4v) is 2.67. The summed E-state index contributed by atoms with van der Waals surface area (Å²) in [6.07, 6.45) is -0.123. The highest BCUT2D eigenvalue weighted by Gasteiger charge is 2.18. The van der Waals surface area contributed by atoms with Crippen molar-refractivity contribution in [2.24, 2.45) is 0 Å². The Morgan fingerprint density at radius 3 is 2.07 bits per heavy atom. The lowest BCUT2D eigenvalue weighted by Crippen LogP contribution is -2.17. The summed E-state index contributed by atoms with van der Waals surface area (Å²) < 4.78 is 15.7. The smallest absolute Gasteiger partial charge is 0.423 e. The maximum Gasteiger partial charge on any atom is 0.519 e. The lowest BCUT2D eigenvalue weighted by molar-refractivity contribution is 0.0731. The van der Waals surface area contributed by atoms with Crippen LogP contribution in [0, 0.1) is 6.92 Å². The van der Waals surface area contributed by atoms with Crippen LogP contribution in [-0.2, 0) is 6.16 Å². The van der Waals surface area contributed by atoms with Crippen LogP contribution in [0.25, 0.3) is 0 Å². The highest BCUT2D eigenvalue weighted by Crippen LogP contribution is 2.22. The van der Waals surface area contributed by atoms with E-state index in [0.717, 1.165) is 17.3 Å². The molecule has 0 saturated heterocycles. The largest absolute Gasteiger partial charge is 0.519 e. The molecule has 0 spiro atoms. The van der Waals surface area contributed by atoms with Gasteiger partial charge in [-0.2, -0.15) is 0 Å². The van der Waals surface area contributed by atoms with Crippen LogP contribution in [-0.4, -0.2) is 12.1 Å². The predicted octanol–water partition coefficient (Wildman–Crippen LogP) is 5.17. The van der Waals surface area contributed by atoms with Gasteiger partial charge in [0, 0.05) is 0 Å². The molecule has 0 bridgehead atoms. The van der Waals surface area contributed by atoms with Crippen molar-refractivity contribution in [1.82, 2.24) is 0 Å². The molecule has 3 aromatic carbocycles. The van der Waals surface area contributed by atoms with E-state index in [2.05, 4.69) is 9.24 Å². The van der Waals surface area contributed by atoms with Crippen LogP contribution in [0.3, 0.4) is 0 Å². The fraction of sp³-hybridized carbons (Fsp3) is 0.0909. The van der Waals surface area contributed by atoms with Crippen molar-refractivity contribution in [2.45, 2.75) is 13.1 Å². The molecule has 0 aromatic heterocycles. The van der Waals surface area contributed by atoms with Crippen molar-refractivity contribution >= 4 is 21.4 Å². The van der Waals surface area contributed by atoms with E-state index in [1.54, 1.807) is 36.4 Å². The summed E-state index contributed by atoms with van der Waals surface area (Å²) in [5.41, 5.74) is 2.27. The molecule has 6 heteroatoms. The Labute approximate surface area is 165 Å². The molecule has 5 nitrogen and oxygen atoms in total. The van der Waals surface area contributed by atoms with Crippen LogP contribution >= 0.6 is 9.24 Å². The zero-order valence-electron chi connectivity index (χ0n) is 15.3. The van der Waals surface area contributed by atoms with E-state index in [1.807, 2.05) is 31.2 Å². The second-order valence-corrected chi connectivity index (χ2v) is 6.41. The first-order chi connectivity index (χ1) is 13.5. The lowest BCUT2D eigenvalue weighted by atomic mass is 10.2. The van der Waals surface area contributed by atoms with Crippen LogP contribution in [0.5, 0.6) is 17.2 Å². The van der Waals surface area contributed by atoms with E-state index in [4.69, 9.17) is 14.2 Å². The molecule has 0 fully saturated rings. The van der Waals surface area contributed by atoms with Crippen molar-refractivity contribution in [2.75, 3.05) is 0 Å². The highest BCUT2D eigenvalue weighted by molar-refractivity contribution is 7.15. The first-order valence-corrected chi connectivity index (χ1v) is 9.43. The number of para-hydroxylation sites is 1. The SMILES string of the molecule is Cc1ccc(OC(=O)Oc2ccccc2C(=O)Oc2ccc(CP)cc2)cc1. The third kappa shape index (κ3) is 5.18. The summed E-state index contributed by atoms with van der Waals surface area (Å²) in [6, 6.07) is 20.5. The molecule has 0 aliphatic carbocycles. The van der Waals surface area contributed by atoms with E-state index in [1.165, 1.54) is 12.1 Å². The van der Waals surface area contributed by atoms with Gasteiger partial charge in [0.05, 0.1) is 0 Å². The normalized spacial score (nSPS) is 10.2. The molecule has 0 N–H and O–H groups in total. The topological polar surface area (TPSA) is 61.8 Å². The summed E-state index contributed by atoms with van der Waals surface area (Å²) in [6.45, 7) is 1.93. The van der Waals surface area contributed by atoms with Gasteiger partial charge >= 0.3 is 12.1 Å². The zero-order chi connectivity index (χ0) is 19.9. The number of benzene rings is 3. The Balaban J connectivity index is 1.69. The molecule has 0 aliphatic heterocycles. The minimum Gasteiger partial charge on any atom is -0.423 e. The van der Waals surface area contributed by atoms with Gasteiger partial charge in [0.15, 0.2) is 0 Å². The standard InChI is InChI=1S/C22H19O5P/c1-15-6-10-18(11-7-15)26-22(24)27-20-5-3-2-4-19(20)21(23)25-17-12-8-16(14-28)9-13-17/h2-13H,14,28H2,1H3. The molecule has 0 radical (unpaired) electrons. The first-order valence-electron chi connectivity index (χ1n) is 8.61. The minimum atomic E-state index is -0.936. The van der Waals surface area contributed by atoms with Gasteiger partial charge in [0.1, 0.15) is 22.8 Å². The van der Waals surface area contributed by atoms with E-state index in [0.29, 0.717) is 11.5 Å². The maximum atomic E-state index is 12.5. The number of hydrogen-bond acceptors (Lipinski definition) is 5. The van der Waals surface area contributed by atoms with Crippen LogP contribution in [0.15, 0.2) is 72.8 Å². The summed E-state index contributed by atoms with van der Waals surface area (Å²) >= 11 is 0. The number of ether oxygens (including phenoxy) is 3. The van der Waals surface area contributed by atoms with Gasteiger partial charge in [-0.25, -0.2) is 9.59 Å². The molecule has 1 unspecified atom stereocenters. The molecule has 1 atom stereocenters. The monoisotopic (exact) mass is 394 g/mol. The Kier molecular flexibility index (Phi) is 6.41. The zero-order valence-corrected chi connectivity index (χ0v) is 16.4. The summed E-state index contributed by atoms with van der Waals surface area (Å²) in [4.78, 5) is 24.6. The number of aryl methyl sites for hydroxylation is 1. The Bertz CT molecular complexity index is 965. The Hall–Kier alpha value is -3.17. The molecular formula is C22H19O5P. The second kappa shape index (κ2) is 9.16. The molecule has 28 heavy (non-hydrogen) atoms. The minimum absolute atomic E-state index is 0.0613. The van der Waals surface area contributed by atoms with Gasteiger partial charge < -0.3 is 14.2 Å². The third-order valence-corrected chi connectivity index (χ3v) is 4.36. The Morgan fingerprint density at radius 2 is 1.39 bits per heavy atom. The fourth-order valence-electron chi connectivity index (χ4n) is 2.39. The Morgan fingerprint density at radius 1 is 0.786 bits per heavy atom. The average Bonchev–Trinajstić information content (AvgIpc) is 2.70. The van der Waals surface area contributed by atoms with Crippen molar-refractivity contribution in [3.05, 3.63) is 89.5 Å². The molecule has 0 aliphatic rings. The van der Waals surface area contributed by atoms with Gasteiger partial charge in [0.25, 0.3) is 0 Å². The van der Waals surface area contributed by atoms with Gasteiger partial charge in [-0.1, -0.05) is 42.0 Å². The molecular weight excluding hydrogens is 375 g/mol. The quantitative estimate of drug-likeness (QED) is 0.259. The summed E-state index contributed by atoms with van der Waals surface area (Å²) in [7, 11) is 2.63. The van der Waals surface area contributed by atoms with Crippen LogP contribution in [0.4, 0.5) is 4.79 Å². The second-order valence-electron chi connectivity index (χ2n) is 6.00. The van der Waals surface area contributed by atoms with E-state index < -0.39 is 12.1 Å². The molecule has 142 valence electrons. The van der Waals surface area contributed by atoms with Crippen LogP contribution in [0.2, 0.25) is 0 Å². The van der Waals surface area contributed by atoms with E-state index in [9.17, 15) is 9.59 Å². The molecule has 3 aromatic rings. The molecule has 0 saturated carbocycles. The van der Waals surface area contributed by atoms with Crippen LogP contribution in [0.1, 0.15) is 21.5 Å². The predicted molar refractivity (Wildman–Crippen MR) is 109 cm³/mol. The lowest BCUT2D eigenvalue weighted by Gasteiger charge is -2.10. The van der Waals surface area contributed by atoms with Gasteiger partial charge in [-0.15, -0.1) is 9.24 Å². The number of hydrogen-bond donors (Lipinski definition) is 0. The van der Waals surface area contributed by atoms with Crippen molar-refractivity contribution in [1.29, 1.82) is 0 Å². The highest BCUT2D eigenvalue weighted by atomic mass is 31.0. The average molecular weight is 394 g/mol. The molecule has 0 amide bonds. The molecule has 0 heterocycles. The van der Waals surface area contributed by atoms with Gasteiger partial charge in [-0.3, -0.25) is 0 Å². The summed E-state index contributed by atoms with van der Waals surface area (Å²) in [5.74, 6) is 0.192. The first kappa shape index (κ1) is 19.6. The van der Waals surface area contributed by atoms with Crippen molar-refractivity contribution in [3.8, 4) is 17.2 Å². The van der Waals surface area contributed by atoms with Crippen molar-refractivity contribution < 1.29 is 23.8 Å². The van der Waals surface area contributed by atoms with E-state index in [-0.39, 0.29) is 11.3 Å². The molecule has 3 rings (SSSR count). The van der Waals surface area contributed by atoms with E-state index >= 15 is 0 Å². The number of rotatable bonds is 5. The van der Waals surface area contributed by atoms with Gasteiger partial charge in [0.2, 0.25) is 0 Å². The summed E-state index contributed by atoms with van der Waals surface area (Å²) in [5, 5.41) is 0. The van der Waals surface area contributed by atoms with Crippen LogP contribution < -0.4 is 14.2 Å². The number of carbonyl (C=O) groups excluding carboxylic acids is 2. The number of esters is 1. The third-order valence-electron chi connectivity index (χ3n) is 3.89. The maximum absolute atomic E-state index is 12.5. The number of carbonyl (C=O) groups is 2. The van der Waals surface area contributed by atoms with Crippen molar-refractivity contribution in [3.63, 3.8) is 0 Å². The van der Waals surface area contributed by atoms with Gasteiger partial charge in [-0.05, 0) is 55.0 Å².